The van der Waals surface area contributed by atoms with Gasteiger partial charge in [-0.15, -0.1) is 0 Å². The molecule has 3 fully saturated rings. The van der Waals surface area contributed by atoms with Gasteiger partial charge < -0.3 is 14.6 Å². The Balaban J connectivity index is 1.55. The van der Waals surface area contributed by atoms with E-state index in [2.05, 4.69) is 0 Å². The Morgan fingerprint density at radius 2 is 1.78 bits per heavy atom. The number of alkyl halides is 2. The van der Waals surface area contributed by atoms with E-state index < -0.39 is 86.6 Å². The fraction of sp³-hybridized carbons (Fsp3) is 0.618. The zero-order valence-corrected chi connectivity index (χ0v) is 27.6. The SMILES string of the molecule is CCCCOC(=O)O[C@]1(C(=O)COS(=O)(=O)c2ccc(C)cc2)[C@H](C)C[C@H]2[C@@H]3C[C@H](F)C4=CC(=O)C=C[C@]4(C)[C@@]3(F)[C@@H](O)C[C@@]21C. The second-order valence-electron chi connectivity index (χ2n) is 13.7. The number of fused-ring (bicyclic) bond motifs is 5. The monoisotopic (exact) mass is 664 g/mol. The standard InChI is InChI=1S/C34H42F2O9S/c1-6-7-14-43-30(40)45-34(29(39)19-44-46(41,42)23-10-8-20(2)9-11-23)21(3)15-24-25-17-27(35)26-16-22(37)12-13-31(26,4)33(25,36)28(38)18-32(24,34)5/h8-13,16,21,24-25,27-28,38H,6-7,14-15,17-19H2,1-5H3/t21-,24+,25+,27+,28+,31+,32+,33+,34+/m1/s1. The third kappa shape index (κ3) is 5.06. The van der Waals surface area contributed by atoms with E-state index in [9.17, 15) is 27.9 Å². The van der Waals surface area contributed by atoms with Gasteiger partial charge in [0.2, 0.25) is 5.78 Å². The highest BCUT2D eigenvalue weighted by atomic mass is 32.2. The first-order chi connectivity index (χ1) is 21.5. The molecule has 0 unspecified atom stereocenters. The van der Waals surface area contributed by atoms with Crippen molar-refractivity contribution in [2.75, 3.05) is 13.2 Å². The molecule has 5 rings (SSSR count). The fourth-order valence-corrected chi connectivity index (χ4v) is 9.73. The van der Waals surface area contributed by atoms with Crippen LogP contribution in [0.5, 0.6) is 0 Å². The molecule has 3 saturated carbocycles. The molecule has 9 atom stereocenters. The molecule has 0 amide bonds. The summed E-state index contributed by atoms with van der Waals surface area (Å²) in [4.78, 5) is 39.5. The van der Waals surface area contributed by atoms with E-state index >= 15 is 8.78 Å². The van der Waals surface area contributed by atoms with E-state index in [1.54, 1.807) is 32.9 Å². The van der Waals surface area contributed by atoms with Gasteiger partial charge in [-0.3, -0.25) is 13.8 Å². The number of aryl methyl sites for hydroxylation is 1. The number of aliphatic hydroxyl groups is 1. The quantitative estimate of drug-likeness (QED) is 0.206. The van der Waals surface area contributed by atoms with Gasteiger partial charge in [0, 0.05) is 22.7 Å². The van der Waals surface area contributed by atoms with Gasteiger partial charge in [0.05, 0.1) is 17.6 Å². The van der Waals surface area contributed by atoms with Crippen molar-refractivity contribution in [3.63, 3.8) is 0 Å². The molecule has 4 aliphatic rings. The average molecular weight is 665 g/mol. The predicted molar refractivity (Wildman–Crippen MR) is 163 cm³/mol. The molecule has 4 aliphatic carbocycles. The Kier molecular flexibility index (Phi) is 8.92. The number of unbranched alkanes of at least 4 members (excludes halogenated alkanes) is 1. The number of hydrogen-bond acceptors (Lipinski definition) is 9. The van der Waals surface area contributed by atoms with Gasteiger partial charge >= 0.3 is 6.16 Å². The molecule has 0 bridgehead atoms. The maximum atomic E-state index is 17.7. The molecule has 1 aromatic rings. The Morgan fingerprint density at radius 3 is 2.43 bits per heavy atom. The maximum absolute atomic E-state index is 17.7. The lowest BCUT2D eigenvalue weighted by Gasteiger charge is -2.63. The summed E-state index contributed by atoms with van der Waals surface area (Å²) < 4.78 is 76.1. The van der Waals surface area contributed by atoms with Crippen LogP contribution in [0.1, 0.15) is 65.4 Å². The minimum Gasteiger partial charge on any atom is -0.434 e. The van der Waals surface area contributed by atoms with Crippen LogP contribution < -0.4 is 0 Å². The van der Waals surface area contributed by atoms with Crippen molar-refractivity contribution in [2.45, 2.75) is 95.2 Å². The lowest BCUT2D eigenvalue weighted by atomic mass is 9.44. The molecule has 252 valence electrons. The molecule has 12 heteroatoms. The minimum absolute atomic E-state index is 0.00727. The zero-order chi connectivity index (χ0) is 33.9. The normalized spacial score (nSPS) is 38.3. The molecule has 0 aromatic heterocycles. The van der Waals surface area contributed by atoms with Gasteiger partial charge in [0.25, 0.3) is 10.1 Å². The van der Waals surface area contributed by atoms with Gasteiger partial charge in [0.15, 0.2) is 17.1 Å². The molecular formula is C34H42F2O9S. The van der Waals surface area contributed by atoms with Crippen molar-refractivity contribution in [2.24, 2.45) is 28.6 Å². The molecule has 0 saturated heterocycles. The van der Waals surface area contributed by atoms with E-state index in [0.29, 0.717) is 12.8 Å². The van der Waals surface area contributed by atoms with Crippen LogP contribution in [-0.4, -0.2) is 68.0 Å². The highest BCUT2D eigenvalue weighted by Crippen LogP contribution is 2.71. The van der Waals surface area contributed by atoms with Crippen LogP contribution >= 0.6 is 0 Å². The van der Waals surface area contributed by atoms with Crippen LogP contribution in [0.3, 0.4) is 0 Å². The number of benzene rings is 1. The number of aliphatic hydroxyl groups excluding tert-OH is 1. The number of ketones is 2. The second-order valence-corrected chi connectivity index (χ2v) is 15.4. The summed E-state index contributed by atoms with van der Waals surface area (Å²) in [7, 11) is -4.41. The number of carbonyl (C=O) groups excluding carboxylic acids is 3. The third-order valence-electron chi connectivity index (χ3n) is 11.2. The summed E-state index contributed by atoms with van der Waals surface area (Å²) in [6.07, 6.45) is -0.467. The molecule has 1 aromatic carbocycles. The van der Waals surface area contributed by atoms with Gasteiger partial charge in [-0.1, -0.05) is 51.0 Å². The highest BCUT2D eigenvalue weighted by molar-refractivity contribution is 7.86. The number of hydrogen-bond donors (Lipinski definition) is 1. The predicted octanol–water partition coefficient (Wildman–Crippen LogP) is 5.53. The lowest BCUT2D eigenvalue weighted by molar-refractivity contribution is -0.225. The molecule has 46 heavy (non-hydrogen) atoms. The van der Waals surface area contributed by atoms with Crippen molar-refractivity contribution in [3.8, 4) is 0 Å². The lowest BCUT2D eigenvalue weighted by Crippen LogP contribution is -2.71. The molecule has 9 nitrogen and oxygen atoms in total. The minimum atomic E-state index is -4.41. The summed E-state index contributed by atoms with van der Waals surface area (Å²) in [6.45, 7) is 7.36. The van der Waals surface area contributed by atoms with Crippen molar-refractivity contribution in [1.82, 2.24) is 0 Å². The first-order valence-electron chi connectivity index (χ1n) is 15.8. The largest absolute Gasteiger partial charge is 0.509 e. The Morgan fingerprint density at radius 1 is 1.11 bits per heavy atom. The Labute approximate surface area is 268 Å². The highest BCUT2D eigenvalue weighted by Gasteiger charge is 2.78. The summed E-state index contributed by atoms with van der Waals surface area (Å²) in [6, 6.07) is 5.83. The Bertz CT molecular complexity index is 1570. The van der Waals surface area contributed by atoms with Crippen LogP contribution in [0.4, 0.5) is 13.6 Å². The fourth-order valence-electron chi connectivity index (χ4n) is 8.86. The van der Waals surface area contributed by atoms with Crippen LogP contribution in [0.2, 0.25) is 0 Å². The van der Waals surface area contributed by atoms with Crippen LogP contribution in [0.25, 0.3) is 0 Å². The molecule has 0 spiro atoms. The topological polar surface area (TPSA) is 133 Å². The number of allylic oxidation sites excluding steroid dienone is 4. The van der Waals surface area contributed by atoms with Crippen molar-refractivity contribution in [1.29, 1.82) is 0 Å². The first kappa shape index (κ1) is 34.4. The van der Waals surface area contributed by atoms with Crippen LogP contribution in [0, 0.1) is 35.5 Å². The Hall–Kier alpha value is -2.96. The zero-order valence-electron chi connectivity index (χ0n) is 26.8. The van der Waals surface area contributed by atoms with E-state index in [1.807, 2.05) is 6.92 Å². The summed E-state index contributed by atoms with van der Waals surface area (Å²) in [5.41, 5.74) is -6.88. The first-order valence-corrected chi connectivity index (χ1v) is 17.2. The van der Waals surface area contributed by atoms with E-state index in [-0.39, 0.29) is 36.3 Å². The molecule has 0 aliphatic heterocycles. The number of halogens is 2. The van der Waals surface area contributed by atoms with E-state index in [0.717, 1.165) is 11.6 Å². The summed E-state index contributed by atoms with van der Waals surface area (Å²) in [5.74, 6) is -4.12. The van der Waals surface area contributed by atoms with E-state index in [4.69, 9.17) is 13.7 Å². The van der Waals surface area contributed by atoms with Crippen LogP contribution in [0.15, 0.2) is 53.0 Å². The molecule has 1 N–H and O–H groups in total. The second kappa shape index (κ2) is 11.9. The number of ether oxygens (including phenoxy) is 2. The number of Topliss-reactive ketones (excluding diaryl/α,β-unsaturated/α-hetero) is 1. The summed E-state index contributed by atoms with van der Waals surface area (Å²) >= 11 is 0. The molecule has 0 heterocycles. The van der Waals surface area contributed by atoms with Gasteiger partial charge in [-0.25, -0.2) is 13.6 Å². The molecular weight excluding hydrogens is 622 g/mol. The number of rotatable bonds is 9. The van der Waals surface area contributed by atoms with Gasteiger partial charge in [0.1, 0.15) is 12.8 Å². The van der Waals surface area contributed by atoms with Gasteiger partial charge in [-0.2, -0.15) is 8.42 Å². The van der Waals surface area contributed by atoms with Crippen molar-refractivity contribution >= 4 is 27.8 Å². The van der Waals surface area contributed by atoms with Crippen molar-refractivity contribution in [3.05, 3.63) is 53.6 Å². The van der Waals surface area contributed by atoms with Gasteiger partial charge in [-0.05, 0) is 75.3 Å². The average Bonchev–Trinajstić information content (AvgIpc) is 3.21. The smallest absolute Gasteiger partial charge is 0.434 e. The maximum Gasteiger partial charge on any atom is 0.509 e. The van der Waals surface area contributed by atoms with Crippen LogP contribution in [-0.2, 0) is 33.4 Å². The summed E-state index contributed by atoms with van der Waals surface area (Å²) in [5, 5.41) is 11.7. The third-order valence-corrected chi connectivity index (χ3v) is 12.5. The number of carbonyl (C=O) groups is 3. The van der Waals surface area contributed by atoms with Crippen molar-refractivity contribution < 1.29 is 50.3 Å². The molecule has 0 radical (unpaired) electrons. The van der Waals surface area contributed by atoms with E-state index in [1.165, 1.54) is 31.2 Å².